The van der Waals surface area contributed by atoms with Crippen LogP contribution < -0.4 is 5.32 Å². The van der Waals surface area contributed by atoms with Gasteiger partial charge in [0, 0.05) is 35.8 Å². The maximum Gasteiger partial charge on any atom is 0.303 e. The van der Waals surface area contributed by atoms with Crippen molar-refractivity contribution in [2.24, 2.45) is 0 Å². The van der Waals surface area contributed by atoms with E-state index in [1.165, 1.54) is 18.2 Å². The van der Waals surface area contributed by atoms with Gasteiger partial charge < -0.3 is 10.4 Å². The molecule has 29 heavy (non-hydrogen) atoms. The molecule has 1 amide bonds. The number of fused-ring (bicyclic) bond motifs is 1. The van der Waals surface area contributed by atoms with Crippen molar-refractivity contribution >= 4 is 34.4 Å². The highest BCUT2D eigenvalue weighted by atomic mass is 35.5. The molecule has 3 rings (SSSR count). The fourth-order valence-electron chi connectivity index (χ4n) is 3.28. The fraction of sp³-hybridized carbons (Fsp3) is 0.286. The summed E-state index contributed by atoms with van der Waals surface area (Å²) in [5.74, 6) is -2.61. The molecular weight excluding hydrogens is 397 g/mol. The van der Waals surface area contributed by atoms with Gasteiger partial charge in [-0.05, 0) is 36.2 Å². The van der Waals surface area contributed by atoms with E-state index in [1.54, 1.807) is 18.3 Å². The first-order valence-corrected chi connectivity index (χ1v) is 9.66. The third kappa shape index (κ3) is 5.54. The van der Waals surface area contributed by atoms with Crippen LogP contribution in [0.5, 0.6) is 0 Å². The summed E-state index contributed by atoms with van der Waals surface area (Å²) in [5, 5.41) is 17.8. The number of halogens is 2. The summed E-state index contributed by atoms with van der Waals surface area (Å²) in [6, 6.07) is 11.5. The van der Waals surface area contributed by atoms with Crippen LogP contribution >= 0.6 is 11.6 Å². The molecule has 0 saturated heterocycles. The third-order valence-corrected chi connectivity index (χ3v) is 4.91. The number of carbonyl (C=O) groups excluding carboxylic acids is 1. The lowest BCUT2D eigenvalue weighted by molar-refractivity contribution is -0.137. The molecule has 1 unspecified atom stereocenters. The number of aromatic nitrogens is 2. The van der Waals surface area contributed by atoms with Crippen molar-refractivity contribution in [1.82, 2.24) is 15.1 Å². The Kier molecular flexibility index (Phi) is 6.82. The Hall–Kier alpha value is -2.93. The summed E-state index contributed by atoms with van der Waals surface area (Å²) in [6.45, 7) is 0.994. The largest absolute Gasteiger partial charge is 0.481 e. The van der Waals surface area contributed by atoms with E-state index < -0.39 is 17.7 Å². The van der Waals surface area contributed by atoms with Crippen molar-refractivity contribution in [3.63, 3.8) is 0 Å². The molecule has 0 spiro atoms. The highest BCUT2D eigenvalue weighted by Gasteiger charge is 2.21. The molecule has 0 aliphatic rings. The van der Waals surface area contributed by atoms with Gasteiger partial charge in [0.1, 0.15) is 5.82 Å². The standard InChI is InChI=1S/C21H21ClFN3O3/c22-16-7-6-14-13-25-26(19(14)12-16)9-3-8-24-20(27)10-15(11-21(28)29)17-4-1-2-5-18(17)23/h1-2,4-7,12-13,15H,3,8-11H2,(H,24,27)(H,28,29). The van der Waals surface area contributed by atoms with E-state index in [0.717, 1.165) is 10.9 Å². The maximum atomic E-state index is 14.0. The van der Waals surface area contributed by atoms with Crippen molar-refractivity contribution in [1.29, 1.82) is 0 Å². The van der Waals surface area contributed by atoms with E-state index in [0.29, 0.717) is 24.5 Å². The van der Waals surface area contributed by atoms with E-state index in [9.17, 15) is 14.0 Å². The Morgan fingerprint density at radius 1 is 1.21 bits per heavy atom. The van der Waals surface area contributed by atoms with Crippen LogP contribution in [0.2, 0.25) is 5.02 Å². The van der Waals surface area contributed by atoms with Crippen molar-refractivity contribution in [3.8, 4) is 0 Å². The van der Waals surface area contributed by atoms with Crippen molar-refractivity contribution in [2.45, 2.75) is 31.7 Å². The zero-order valence-corrected chi connectivity index (χ0v) is 16.4. The van der Waals surface area contributed by atoms with E-state index in [-0.39, 0.29) is 24.3 Å². The molecule has 8 heteroatoms. The summed E-state index contributed by atoms with van der Waals surface area (Å²) in [4.78, 5) is 23.4. The number of benzene rings is 2. The van der Waals surface area contributed by atoms with Crippen LogP contribution in [0.15, 0.2) is 48.7 Å². The Balaban J connectivity index is 1.53. The lowest BCUT2D eigenvalue weighted by Crippen LogP contribution is -2.27. The number of hydrogen-bond acceptors (Lipinski definition) is 3. The Morgan fingerprint density at radius 2 is 2.00 bits per heavy atom. The fourth-order valence-corrected chi connectivity index (χ4v) is 3.45. The van der Waals surface area contributed by atoms with Gasteiger partial charge in [0.25, 0.3) is 0 Å². The predicted octanol–water partition coefficient (Wildman–Crippen LogP) is 3.98. The van der Waals surface area contributed by atoms with Gasteiger partial charge in [-0.3, -0.25) is 14.3 Å². The lowest BCUT2D eigenvalue weighted by Gasteiger charge is -2.16. The van der Waals surface area contributed by atoms with Crippen LogP contribution in [0.3, 0.4) is 0 Å². The van der Waals surface area contributed by atoms with E-state index in [1.807, 2.05) is 16.8 Å². The molecule has 0 aliphatic carbocycles. The van der Waals surface area contributed by atoms with Crippen molar-refractivity contribution in [3.05, 3.63) is 65.1 Å². The molecule has 6 nitrogen and oxygen atoms in total. The molecule has 0 bridgehead atoms. The minimum absolute atomic E-state index is 0.0897. The van der Waals surface area contributed by atoms with Gasteiger partial charge in [-0.25, -0.2) is 4.39 Å². The zero-order valence-electron chi connectivity index (χ0n) is 15.6. The van der Waals surface area contributed by atoms with Crippen molar-refractivity contribution < 1.29 is 19.1 Å². The SMILES string of the molecule is O=C(O)CC(CC(=O)NCCCn1ncc2ccc(Cl)cc21)c1ccccc1F. The minimum Gasteiger partial charge on any atom is -0.481 e. The van der Waals surface area contributed by atoms with Crippen LogP contribution in [0, 0.1) is 5.82 Å². The van der Waals surface area contributed by atoms with Crippen LogP contribution in [0.25, 0.3) is 10.9 Å². The molecule has 3 aromatic rings. The second-order valence-corrected chi connectivity index (χ2v) is 7.23. The van der Waals surface area contributed by atoms with Gasteiger partial charge in [0.05, 0.1) is 18.1 Å². The van der Waals surface area contributed by atoms with Gasteiger partial charge in [-0.15, -0.1) is 0 Å². The van der Waals surface area contributed by atoms with Gasteiger partial charge in [0.2, 0.25) is 5.91 Å². The predicted molar refractivity (Wildman–Crippen MR) is 108 cm³/mol. The minimum atomic E-state index is -1.07. The molecule has 0 aliphatic heterocycles. The summed E-state index contributed by atoms with van der Waals surface area (Å²) in [6.07, 6.45) is 2.00. The first-order valence-electron chi connectivity index (χ1n) is 9.28. The van der Waals surface area contributed by atoms with Crippen LogP contribution in [-0.2, 0) is 16.1 Å². The van der Waals surface area contributed by atoms with Crippen LogP contribution in [-0.4, -0.2) is 33.3 Å². The van der Waals surface area contributed by atoms with Gasteiger partial charge >= 0.3 is 5.97 Å². The second kappa shape index (κ2) is 9.52. The normalized spacial score (nSPS) is 12.1. The molecule has 2 aromatic carbocycles. The first-order chi connectivity index (χ1) is 13.9. The number of hydrogen-bond donors (Lipinski definition) is 2. The molecule has 2 N–H and O–H groups in total. The number of aliphatic carboxylic acids is 1. The van der Waals surface area contributed by atoms with Crippen molar-refractivity contribution in [2.75, 3.05) is 6.54 Å². The van der Waals surface area contributed by atoms with Gasteiger partial charge in [-0.2, -0.15) is 5.10 Å². The van der Waals surface area contributed by atoms with Crippen LogP contribution in [0.1, 0.15) is 30.7 Å². The highest BCUT2D eigenvalue weighted by Crippen LogP contribution is 2.26. The Morgan fingerprint density at radius 3 is 2.76 bits per heavy atom. The number of nitrogens with zero attached hydrogens (tertiary/aromatic N) is 2. The third-order valence-electron chi connectivity index (χ3n) is 4.67. The number of rotatable bonds is 9. The monoisotopic (exact) mass is 417 g/mol. The molecule has 1 aromatic heterocycles. The van der Waals surface area contributed by atoms with E-state index in [4.69, 9.17) is 16.7 Å². The molecule has 0 radical (unpaired) electrons. The number of carboxylic acid groups (broad SMARTS) is 1. The molecule has 1 heterocycles. The summed E-state index contributed by atoms with van der Waals surface area (Å²) in [5.41, 5.74) is 1.16. The number of nitrogens with one attached hydrogen (secondary N) is 1. The number of carbonyl (C=O) groups is 2. The quantitative estimate of drug-likeness (QED) is 0.516. The van der Waals surface area contributed by atoms with Gasteiger partial charge in [0.15, 0.2) is 0 Å². The smallest absolute Gasteiger partial charge is 0.303 e. The first kappa shape index (κ1) is 20.8. The molecule has 0 fully saturated rings. The zero-order chi connectivity index (χ0) is 20.8. The topological polar surface area (TPSA) is 84.2 Å². The average Bonchev–Trinajstić information content (AvgIpc) is 3.07. The molecule has 0 saturated carbocycles. The maximum absolute atomic E-state index is 14.0. The molecule has 152 valence electrons. The highest BCUT2D eigenvalue weighted by molar-refractivity contribution is 6.31. The Labute approximate surface area is 172 Å². The number of amides is 1. The van der Waals surface area contributed by atoms with Crippen LogP contribution in [0.4, 0.5) is 4.39 Å². The summed E-state index contributed by atoms with van der Waals surface area (Å²) in [7, 11) is 0. The van der Waals surface area contributed by atoms with Gasteiger partial charge in [-0.1, -0.05) is 29.8 Å². The summed E-state index contributed by atoms with van der Waals surface area (Å²) >= 11 is 6.03. The molecule has 1 atom stereocenters. The average molecular weight is 418 g/mol. The van der Waals surface area contributed by atoms with E-state index in [2.05, 4.69) is 10.4 Å². The molecular formula is C21H21ClFN3O3. The van der Waals surface area contributed by atoms with E-state index >= 15 is 0 Å². The summed E-state index contributed by atoms with van der Waals surface area (Å²) < 4.78 is 15.8. The number of carboxylic acids is 1. The Bertz CT molecular complexity index is 1020. The second-order valence-electron chi connectivity index (χ2n) is 6.79. The lowest BCUT2D eigenvalue weighted by atomic mass is 9.91. The number of aryl methyl sites for hydroxylation is 1.